The average molecular weight is 192 g/mol. The van der Waals surface area contributed by atoms with Gasteiger partial charge in [0, 0.05) is 24.2 Å². The van der Waals surface area contributed by atoms with Gasteiger partial charge in [0.15, 0.2) is 0 Å². The predicted molar refractivity (Wildman–Crippen MR) is 58.8 cm³/mol. The minimum atomic E-state index is 0.808. The normalized spacial score (nSPS) is 42.9. The third-order valence-electron chi connectivity index (χ3n) is 4.41. The van der Waals surface area contributed by atoms with E-state index in [9.17, 15) is 0 Å². The first-order chi connectivity index (χ1) is 6.86. The second-order valence-electron chi connectivity index (χ2n) is 5.16. The lowest BCUT2D eigenvalue weighted by atomic mass is 9.73. The third kappa shape index (κ3) is 1.23. The second kappa shape index (κ2) is 3.34. The predicted octanol–water partition coefficient (Wildman–Crippen LogP) is 1.95. The van der Waals surface area contributed by atoms with Gasteiger partial charge >= 0.3 is 0 Å². The van der Waals surface area contributed by atoms with Crippen molar-refractivity contribution in [1.29, 1.82) is 0 Å². The maximum Gasteiger partial charge on any atom is 0.0432 e. The zero-order valence-corrected chi connectivity index (χ0v) is 9.08. The Bertz CT molecular complexity index is 257. The fourth-order valence-electron chi connectivity index (χ4n) is 3.74. The molecule has 3 heterocycles. The highest BCUT2D eigenvalue weighted by atomic mass is 15.2. The molecule has 14 heavy (non-hydrogen) atoms. The number of nitrogens with zero attached hydrogens (tertiary/aromatic N) is 2. The molecule has 0 N–H and O–H groups in total. The van der Waals surface area contributed by atoms with Crippen LogP contribution in [0.2, 0.25) is 0 Å². The van der Waals surface area contributed by atoms with E-state index >= 15 is 0 Å². The van der Waals surface area contributed by atoms with Crippen LogP contribution in [0.5, 0.6) is 0 Å². The Kier molecular flexibility index (Phi) is 2.12. The van der Waals surface area contributed by atoms with Crippen LogP contribution < -0.4 is 0 Å². The number of aliphatic imine (C=N–C) groups is 1. The van der Waals surface area contributed by atoms with Crippen molar-refractivity contribution in [2.75, 3.05) is 19.6 Å². The summed E-state index contributed by atoms with van der Waals surface area (Å²) in [6, 6.07) is 0.870. The fourth-order valence-corrected chi connectivity index (χ4v) is 3.74. The molecule has 2 saturated heterocycles. The lowest BCUT2D eigenvalue weighted by molar-refractivity contribution is 0.0362. The van der Waals surface area contributed by atoms with E-state index in [4.69, 9.17) is 4.99 Å². The molecular formula is C12H20N2. The van der Waals surface area contributed by atoms with E-state index in [1.54, 1.807) is 0 Å². The minimum Gasteiger partial charge on any atom is -0.299 e. The Hall–Kier alpha value is -0.370. The number of piperidine rings is 2. The first-order valence-corrected chi connectivity index (χ1v) is 6.11. The third-order valence-corrected chi connectivity index (χ3v) is 4.41. The molecule has 2 heteroatoms. The van der Waals surface area contributed by atoms with E-state index in [0.717, 1.165) is 24.4 Å². The molecule has 0 unspecified atom stereocenters. The van der Waals surface area contributed by atoms with Gasteiger partial charge in [-0.2, -0.15) is 0 Å². The van der Waals surface area contributed by atoms with Crippen molar-refractivity contribution in [2.24, 2.45) is 16.8 Å². The number of rotatable bonds is 0. The van der Waals surface area contributed by atoms with Crippen molar-refractivity contribution < 1.29 is 0 Å². The summed E-state index contributed by atoms with van der Waals surface area (Å²) in [6.45, 7) is 6.07. The molecule has 0 spiro atoms. The molecule has 0 amide bonds. The van der Waals surface area contributed by atoms with Crippen molar-refractivity contribution in [3.8, 4) is 0 Å². The van der Waals surface area contributed by atoms with Gasteiger partial charge in [0.25, 0.3) is 0 Å². The highest BCUT2D eigenvalue weighted by molar-refractivity contribution is 5.85. The van der Waals surface area contributed by atoms with Crippen LogP contribution in [0.1, 0.15) is 32.6 Å². The van der Waals surface area contributed by atoms with Crippen LogP contribution in [0.15, 0.2) is 4.99 Å². The van der Waals surface area contributed by atoms with Crippen LogP contribution in [-0.4, -0.2) is 36.3 Å². The Labute approximate surface area is 86.4 Å². The van der Waals surface area contributed by atoms with Crippen LogP contribution >= 0.6 is 0 Å². The largest absolute Gasteiger partial charge is 0.299 e. The van der Waals surface area contributed by atoms with Crippen molar-refractivity contribution in [3.05, 3.63) is 0 Å². The van der Waals surface area contributed by atoms with Crippen LogP contribution in [-0.2, 0) is 0 Å². The van der Waals surface area contributed by atoms with Crippen molar-refractivity contribution >= 4 is 5.71 Å². The van der Waals surface area contributed by atoms with E-state index in [2.05, 4.69) is 11.8 Å². The molecular weight excluding hydrogens is 172 g/mol. The standard InChI is InChI=1S/C12H20N2/c1-9-11-5-3-7-14-6-2-4-10(8-13-9)12(11)14/h10-12H,2-8H2,1H3/t10-,11-,12+/m0/s1. The molecule has 0 saturated carbocycles. The van der Waals surface area contributed by atoms with E-state index in [0.29, 0.717) is 0 Å². The van der Waals surface area contributed by atoms with Gasteiger partial charge in [-0.1, -0.05) is 0 Å². The van der Waals surface area contributed by atoms with Gasteiger partial charge in [-0.3, -0.25) is 9.89 Å². The topological polar surface area (TPSA) is 15.6 Å². The Morgan fingerprint density at radius 2 is 2.00 bits per heavy atom. The van der Waals surface area contributed by atoms with Gasteiger partial charge in [-0.15, -0.1) is 0 Å². The maximum atomic E-state index is 4.72. The molecule has 3 aliphatic heterocycles. The van der Waals surface area contributed by atoms with Crippen LogP contribution in [0, 0.1) is 11.8 Å². The molecule has 3 aliphatic rings. The van der Waals surface area contributed by atoms with E-state index in [1.165, 1.54) is 44.5 Å². The molecule has 0 radical (unpaired) electrons. The smallest absolute Gasteiger partial charge is 0.0432 e. The molecule has 3 atom stereocenters. The van der Waals surface area contributed by atoms with Gasteiger partial charge in [0.05, 0.1) is 0 Å². The van der Waals surface area contributed by atoms with Crippen molar-refractivity contribution in [1.82, 2.24) is 4.90 Å². The van der Waals surface area contributed by atoms with Crippen molar-refractivity contribution in [3.63, 3.8) is 0 Å². The van der Waals surface area contributed by atoms with Crippen LogP contribution in [0.4, 0.5) is 0 Å². The second-order valence-corrected chi connectivity index (χ2v) is 5.16. The molecule has 0 aromatic rings. The van der Waals surface area contributed by atoms with E-state index < -0.39 is 0 Å². The summed E-state index contributed by atoms with van der Waals surface area (Å²) >= 11 is 0. The first kappa shape index (κ1) is 8.90. The lowest BCUT2D eigenvalue weighted by Gasteiger charge is -2.50. The Morgan fingerprint density at radius 3 is 2.86 bits per heavy atom. The molecule has 78 valence electrons. The zero-order chi connectivity index (χ0) is 9.54. The summed E-state index contributed by atoms with van der Waals surface area (Å²) in [5.74, 6) is 1.69. The summed E-state index contributed by atoms with van der Waals surface area (Å²) in [5, 5.41) is 0. The summed E-state index contributed by atoms with van der Waals surface area (Å²) in [4.78, 5) is 7.48. The monoisotopic (exact) mass is 192 g/mol. The summed E-state index contributed by atoms with van der Waals surface area (Å²) in [6.07, 6.45) is 5.62. The summed E-state index contributed by atoms with van der Waals surface area (Å²) in [7, 11) is 0. The number of hydrogen-bond acceptors (Lipinski definition) is 2. The molecule has 3 rings (SSSR count). The van der Waals surface area contributed by atoms with E-state index in [-0.39, 0.29) is 0 Å². The van der Waals surface area contributed by atoms with E-state index in [1.807, 2.05) is 0 Å². The summed E-state index contributed by atoms with van der Waals surface area (Å²) < 4.78 is 0. The molecule has 0 aromatic heterocycles. The SMILES string of the molecule is CC1=NC[C@@H]2CCCN3CCC[C@@H]1[C@@H]23. The maximum absolute atomic E-state index is 4.72. The minimum absolute atomic E-state index is 0.808. The molecule has 2 nitrogen and oxygen atoms in total. The zero-order valence-electron chi connectivity index (χ0n) is 9.08. The first-order valence-electron chi connectivity index (χ1n) is 6.11. The van der Waals surface area contributed by atoms with Gasteiger partial charge in [-0.25, -0.2) is 0 Å². The quantitative estimate of drug-likeness (QED) is 0.573. The van der Waals surface area contributed by atoms with Crippen LogP contribution in [0.3, 0.4) is 0 Å². The van der Waals surface area contributed by atoms with Gasteiger partial charge in [-0.05, 0) is 51.6 Å². The lowest BCUT2D eigenvalue weighted by Crippen LogP contribution is -2.56. The molecule has 2 fully saturated rings. The fraction of sp³-hybridized carbons (Fsp3) is 0.917. The Balaban J connectivity index is 1.91. The number of hydrogen-bond donors (Lipinski definition) is 0. The average Bonchev–Trinajstić information content (AvgIpc) is 2.24. The summed E-state index contributed by atoms with van der Waals surface area (Å²) in [5.41, 5.74) is 1.44. The van der Waals surface area contributed by atoms with Gasteiger partial charge in [0.1, 0.15) is 0 Å². The molecule has 0 aliphatic carbocycles. The van der Waals surface area contributed by atoms with Crippen LogP contribution in [0.25, 0.3) is 0 Å². The highest BCUT2D eigenvalue weighted by Gasteiger charge is 2.42. The van der Waals surface area contributed by atoms with Gasteiger partial charge < -0.3 is 0 Å². The van der Waals surface area contributed by atoms with Crippen molar-refractivity contribution in [2.45, 2.75) is 38.6 Å². The molecule has 0 aromatic carbocycles. The Morgan fingerprint density at radius 1 is 1.21 bits per heavy atom. The highest BCUT2D eigenvalue weighted by Crippen LogP contribution is 2.38. The molecule has 0 bridgehead atoms. The van der Waals surface area contributed by atoms with Gasteiger partial charge in [0.2, 0.25) is 0 Å².